The van der Waals surface area contributed by atoms with E-state index in [4.69, 9.17) is 10.00 Å². The SMILES string of the molecule is COc1ccc(Nc2c(C)cccc2C#N)cc1C. The van der Waals surface area contributed by atoms with Crippen LogP contribution >= 0.6 is 0 Å². The topological polar surface area (TPSA) is 45.0 Å². The molecule has 0 amide bonds. The molecule has 3 nitrogen and oxygen atoms in total. The first-order valence-electron chi connectivity index (χ1n) is 6.07. The molecule has 0 bridgehead atoms. The highest BCUT2D eigenvalue weighted by atomic mass is 16.5. The highest BCUT2D eigenvalue weighted by Crippen LogP contribution is 2.27. The van der Waals surface area contributed by atoms with Gasteiger partial charge in [0.05, 0.1) is 18.4 Å². The molecule has 0 aromatic heterocycles. The number of ether oxygens (including phenoxy) is 1. The zero-order valence-corrected chi connectivity index (χ0v) is 11.3. The van der Waals surface area contributed by atoms with Gasteiger partial charge >= 0.3 is 0 Å². The number of aryl methyl sites for hydroxylation is 2. The van der Waals surface area contributed by atoms with Gasteiger partial charge in [-0.05, 0) is 49.2 Å². The average molecular weight is 252 g/mol. The first-order valence-corrected chi connectivity index (χ1v) is 6.07. The van der Waals surface area contributed by atoms with Gasteiger partial charge < -0.3 is 10.1 Å². The van der Waals surface area contributed by atoms with Crippen molar-refractivity contribution in [3.8, 4) is 11.8 Å². The Morgan fingerprint density at radius 2 is 1.89 bits per heavy atom. The van der Waals surface area contributed by atoms with Crippen molar-refractivity contribution in [2.45, 2.75) is 13.8 Å². The molecule has 0 aliphatic heterocycles. The van der Waals surface area contributed by atoms with Crippen LogP contribution in [0.4, 0.5) is 11.4 Å². The molecule has 0 unspecified atom stereocenters. The minimum absolute atomic E-state index is 0.647. The number of rotatable bonds is 3. The molecule has 1 N–H and O–H groups in total. The lowest BCUT2D eigenvalue weighted by Gasteiger charge is -2.13. The summed E-state index contributed by atoms with van der Waals surface area (Å²) in [6.45, 7) is 3.98. The lowest BCUT2D eigenvalue weighted by atomic mass is 10.1. The molecule has 0 atom stereocenters. The summed E-state index contributed by atoms with van der Waals surface area (Å²) < 4.78 is 5.24. The van der Waals surface area contributed by atoms with E-state index in [9.17, 15) is 0 Å². The summed E-state index contributed by atoms with van der Waals surface area (Å²) in [7, 11) is 1.66. The third kappa shape index (κ3) is 2.69. The molecule has 19 heavy (non-hydrogen) atoms. The van der Waals surface area contributed by atoms with E-state index in [1.54, 1.807) is 7.11 Å². The second-order valence-corrected chi connectivity index (χ2v) is 4.42. The summed E-state index contributed by atoms with van der Waals surface area (Å²) in [6, 6.07) is 13.8. The fourth-order valence-corrected chi connectivity index (χ4v) is 2.03. The number of anilines is 2. The number of benzene rings is 2. The Balaban J connectivity index is 2.37. The van der Waals surface area contributed by atoms with E-state index in [0.717, 1.165) is 28.3 Å². The Hall–Kier alpha value is -2.47. The number of para-hydroxylation sites is 1. The number of methoxy groups -OCH3 is 1. The minimum atomic E-state index is 0.647. The largest absolute Gasteiger partial charge is 0.496 e. The van der Waals surface area contributed by atoms with Crippen molar-refractivity contribution in [1.82, 2.24) is 0 Å². The highest BCUT2D eigenvalue weighted by Gasteiger charge is 2.06. The first kappa shape index (κ1) is 13.0. The molecule has 0 aliphatic rings. The van der Waals surface area contributed by atoms with Crippen LogP contribution in [0.15, 0.2) is 36.4 Å². The van der Waals surface area contributed by atoms with E-state index in [-0.39, 0.29) is 0 Å². The third-order valence-electron chi connectivity index (χ3n) is 3.06. The van der Waals surface area contributed by atoms with E-state index < -0.39 is 0 Å². The number of nitrogens with one attached hydrogen (secondary N) is 1. The van der Waals surface area contributed by atoms with Gasteiger partial charge in [-0.2, -0.15) is 5.26 Å². The molecule has 2 aromatic rings. The first-order chi connectivity index (χ1) is 9.15. The maximum atomic E-state index is 9.15. The Morgan fingerprint density at radius 1 is 1.11 bits per heavy atom. The second kappa shape index (κ2) is 5.45. The van der Waals surface area contributed by atoms with Gasteiger partial charge in [-0.1, -0.05) is 12.1 Å². The highest BCUT2D eigenvalue weighted by molar-refractivity contribution is 5.70. The summed E-state index contributed by atoms with van der Waals surface area (Å²) in [4.78, 5) is 0. The standard InChI is InChI=1S/C16H16N2O/c1-11-5-4-6-13(10-17)16(11)18-14-7-8-15(19-3)12(2)9-14/h4-9,18H,1-3H3. The van der Waals surface area contributed by atoms with Gasteiger partial charge in [0.2, 0.25) is 0 Å². The fraction of sp³-hybridized carbons (Fsp3) is 0.188. The van der Waals surface area contributed by atoms with Crippen LogP contribution in [0.5, 0.6) is 5.75 Å². The molecule has 96 valence electrons. The van der Waals surface area contributed by atoms with E-state index in [1.165, 1.54) is 0 Å². The second-order valence-electron chi connectivity index (χ2n) is 4.42. The van der Waals surface area contributed by atoms with Crippen molar-refractivity contribution >= 4 is 11.4 Å². The van der Waals surface area contributed by atoms with Crippen LogP contribution in [0.3, 0.4) is 0 Å². The van der Waals surface area contributed by atoms with Gasteiger partial charge in [0.1, 0.15) is 11.8 Å². The number of hydrogen-bond donors (Lipinski definition) is 1. The maximum absolute atomic E-state index is 9.15. The third-order valence-corrected chi connectivity index (χ3v) is 3.06. The van der Waals surface area contributed by atoms with Crippen molar-refractivity contribution < 1.29 is 4.74 Å². The summed E-state index contributed by atoms with van der Waals surface area (Å²) in [6.07, 6.45) is 0. The predicted molar refractivity (Wildman–Crippen MR) is 76.9 cm³/mol. The normalized spacial score (nSPS) is 9.79. The molecular formula is C16H16N2O. The van der Waals surface area contributed by atoms with Crippen LogP contribution in [0.1, 0.15) is 16.7 Å². The van der Waals surface area contributed by atoms with Crippen molar-refractivity contribution in [2.24, 2.45) is 0 Å². The van der Waals surface area contributed by atoms with Crippen LogP contribution in [0.2, 0.25) is 0 Å². The van der Waals surface area contributed by atoms with Gasteiger partial charge in [0, 0.05) is 5.69 Å². The van der Waals surface area contributed by atoms with Gasteiger partial charge in [-0.15, -0.1) is 0 Å². The van der Waals surface area contributed by atoms with E-state index >= 15 is 0 Å². The van der Waals surface area contributed by atoms with Gasteiger partial charge in [0.25, 0.3) is 0 Å². The van der Waals surface area contributed by atoms with Crippen LogP contribution in [-0.4, -0.2) is 7.11 Å². The predicted octanol–water partition coefficient (Wildman–Crippen LogP) is 3.93. The number of hydrogen-bond acceptors (Lipinski definition) is 3. The fourth-order valence-electron chi connectivity index (χ4n) is 2.03. The van der Waals surface area contributed by atoms with Crippen molar-refractivity contribution in [2.75, 3.05) is 12.4 Å². The van der Waals surface area contributed by atoms with Crippen LogP contribution in [-0.2, 0) is 0 Å². The summed E-state index contributed by atoms with van der Waals surface area (Å²) >= 11 is 0. The van der Waals surface area contributed by atoms with E-state index in [1.807, 2.05) is 50.2 Å². The van der Waals surface area contributed by atoms with E-state index in [0.29, 0.717) is 5.56 Å². The Bertz CT molecular complexity index is 642. The molecule has 0 spiro atoms. The van der Waals surface area contributed by atoms with Crippen molar-refractivity contribution in [1.29, 1.82) is 5.26 Å². The Labute approximate surface area is 113 Å². The molecule has 0 fully saturated rings. The molecule has 3 heteroatoms. The minimum Gasteiger partial charge on any atom is -0.496 e. The Kier molecular flexibility index (Phi) is 3.72. The zero-order chi connectivity index (χ0) is 13.8. The van der Waals surface area contributed by atoms with Crippen molar-refractivity contribution in [3.63, 3.8) is 0 Å². The van der Waals surface area contributed by atoms with Crippen LogP contribution < -0.4 is 10.1 Å². The van der Waals surface area contributed by atoms with Gasteiger partial charge in [-0.3, -0.25) is 0 Å². The van der Waals surface area contributed by atoms with Crippen molar-refractivity contribution in [3.05, 3.63) is 53.1 Å². The average Bonchev–Trinajstić information content (AvgIpc) is 2.41. The summed E-state index contributed by atoms with van der Waals surface area (Å²) in [5.74, 6) is 0.857. The summed E-state index contributed by atoms with van der Waals surface area (Å²) in [5, 5.41) is 12.5. The lowest BCUT2D eigenvalue weighted by Crippen LogP contribution is -1.97. The van der Waals surface area contributed by atoms with Gasteiger partial charge in [0.15, 0.2) is 0 Å². The molecule has 2 aromatic carbocycles. The molecule has 0 aliphatic carbocycles. The molecular weight excluding hydrogens is 236 g/mol. The zero-order valence-electron chi connectivity index (χ0n) is 11.3. The molecule has 0 saturated carbocycles. The van der Waals surface area contributed by atoms with Crippen LogP contribution in [0, 0.1) is 25.2 Å². The van der Waals surface area contributed by atoms with Gasteiger partial charge in [-0.25, -0.2) is 0 Å². The quantitative estimate of drug-likeness (QED) is 0.900. The molecule has 0 heterocycles. The lowest BCUT2D eigenvalue weighted by molar-refractivity contribution is 0.412. The Morgan fingerprint density at radius 3 is 2.53 bits per heavy atom. The number of nitrogens with zero attached hydrogens (tertiary/aromatic N) is 1. The molecule has 0 radical (unpaired) electrons. The summed E-state index contributed by atoms with van der Waals surface area (Å²) in [5.41, 5.74) is 4.55. The maximum Gasteiger partial charge on any atom is 0.121 e. The smallest absolute Gasteiger partial charge is 0.121 e. The monoisotopic (exact) mass is 252 g/mol. The molecule has 2 rings (SSSR count). The number of nitriles is 1. The molecule has 0 saturated heterocycles. The van der Waals surface area contributed by atoms with E-state index in [2.05, 4.69) is 11.4 Å². The van der Waals surface area contributed by atoms with Crippen LogP contribution in [0.25, 0.3) is 0 Å².